The van der Waals surface area contributed by atoms with E-state index < -0.39 is 10.0 Å². The molecule has 0 aliphatic heterocycles. The molecule has 0 atom stereocenters. The van der Waals surface area contributed by atoms with Crippen LogP contribution in [0.25, 0.3) is 0 Å². The average Bonchev–Trinajstić information content (AvgIpc) is 2.35. The number of benzene rings is 2. The van der Waals surface area contributed by atoms with E-state index in [1.807, 2.05) is 0 Å². The number of hydrogen-bond donors (Lipinski definition) is 2. The van der Waals surface area contributed by atoms with Gasteiger partial charge in [0.2, 0.25) is 0 Å². The van der Waals surface area contributed by atoms with E-state index in [2.05, 4.69) is 4.72 Å². The first-order chi connectivity index (χ1) is 8.92. The predicted molar refractivity (Wildman–Crippen MR) is 75.1 cm³/mol. The van der Waals surface area contributed by atoms with Crippen LogP contribution in [0.2, 0.25) is 5.02 Å². The van der Waals surface area contributed by atoms with Crippen LogP contribution in [-0.4, -0.2) is 13.5 Å². The Labute approximate surface area is 116 Å². The van der Waals surface area contributed by atoms with Crippen molar-refractivity contribution in [2.75, 3.05) is 4.72 Å². The molecule has 0 aromatic heterocycles. The topological polar surface area (TPSA) is 66.4 Å². The monoisotopic (exact) mass is 297 g/mol. The third kappa shape index (κ3) is 2.83. The summed E-state index contributed by atoms with van der Waals surface area (Å²) in [4.78, 5) is -0.0300. The second kappa shape index (κ2) is 5.11. The van der Waals surface area contributed by atoms with Crippen LogP contribution in [0.4, 0.5) is 5.69 Å². The maximum atomic E-state index is 12.2. The third-order valence-electron chi connectivity index (χ3n) is 2.61. The Morgan fingerprint density at radius 3 is 2.47 bits per heavy atom. The summed E-state index contributed by atoms with van der Waals surface area (Å²) in [5.74, 6) is -0.0990. The minimum Gasteiger partial charge on any atom is -0.505 e. The number of aryl methyl sites for hydroxylation is 1. The minimum atomic E-state index is -3.83. The summed E-state index contributed by atoms with van der Waals surface area (Å²) in [6.45, 7) is 1.68. The molecule has 0 spiro atoms. The normalized spacial score (nSPS) is 11.3. The zero-order chi connectivity index (χ0) is 14.0. The SMILES string of the molecule is Cc1cccc(NS(=O)(=O)c2ccccc2Cl)c1O. The highest BCUT2D eigenvalue weighted by atomic mass is 35.5. The molecule has 0 saturated heterocycles. The first-order valence-electron chi connectivity index (χ1n) is 5.48. The van der Waals surface area contributed by atoms with Gasteiger partial charge < -0.3 is 5.11 Å². The van der Waals surface area contributed by atoms with Gasteiger partial charge in [-0.05, 0) is 30.7 Å². The number of sulfonamides is 1. The largest absolute Gasteiger partial charge is 0.505 e. The van der Waals surface area contributed by atoms with E-state index in [1.54, 1.807) is 31.2 Å². The molecule has 2 aromatic carbocycles. The molecule has 0 amide bonds. The molecule has 2 rings (SSSR count). The van der Waals surface area contributed by atoms with Gasteiger partial charge in [0.1, 0.15) is 10.6 Å². The van der Waals surface area contributed by atoms with Crippen molar-refractivity contribution in [2.45, 2.75) is 11.8 Å². The van der Waals surface area contributed by atoms with E-state index >= 15 is 0 Å². The standard InChI is InChI=1S/C13H12ClNO3S/c1-9-5-4-7-11(13(9)16)15-19(17,18)12-8-3-2-6-10(12)14/h2-8,15-16H,1H3. The Hall–Kier alpha value is -1.72. The van der Waals surface area contributed by atoms with Crippen molar-refractivity contribution >= 4 is 27.3 Å². The van der Waals surface area contributed by atoms with Crippen molar-refractivity contribution in [3.05, 3.63) is 53.1 Å². The number of aromatic hydroxyl groups is 1. The maximum Gasteiger partial charge on any atom is 0.263 e. The molecule has 0 saturated carbocycles. The van der Waals surface area contributed by atoms with E-state index in [0.717, 1.165) is 0 Å². The Balaban J connectivity index is 2.43. The summed E-state index contributed by atoms with van der Waals surface area (Å²) in [5, 5.41) is 9.94. The molecule has 2 aromatic rings. The minimum absolute atomic E-state index is 0.0300. The van der Waals surface area contributed by atoms with E-state index in [1.165, 1.54) is 18.2 Å². The van der Waals surface area contributed by atoms with Crippen LogP contribution in [0.15, 0.2) is 47.4 Å². The van der Waals surface area contributed by atoms with Crippen LogP contribution in [0.3, 0.4) is 0 Å². The number of phenols is 1. The first kappa shape index (κ1) is 13.7. The maximum absolute atomic E-state index is 12.2. The van der Waals surface area contributed by atoms with Gasteiger partial charge in [0.25, 0.3) is 10.0 Å². The van der Waals surface area contributed by atoms with Crippen molar-refractivity contribution in [2.24, 2.45) is 0 Å². The molecular weight excluding hydrogens is 286 g/mol. The second-order valence-corrected chi connectivity index (χ2v) is 6.07. The molecule has 0 fully saturated rings. The average molecular weight is 298 g/mol. The fourth-order valence-electron chi connectivity index (χ4n) is 1.60. The number of phenolic OH excluding ortho intramolecular Hbond substituents is 1. The zero-order valence-corrected chi connectivity index (χ0v) is 11.7. The summed E-state index contributed by atoms with van der Waals surface area (Å²) in [6.07, 6.45) is 0. The predicted octanol–water partition coefficient (Wildman–Crippen LogP) is 3.15. The van der Waals surface area contributed by atoms with Crippen LogP contribution in [0.1, 0.15) is 5.56 Å². The number of para-hydroxylation sites is 1. The lowest BCUT2D eigenvalue weighted by molar-refractivity contribution is 0.473. The van der Waals surface area contributed by atoms with E-state index in [4.69, 9.17) is 11.6 Å². The van der Waals surface area contributed by atoms with Crippen molar-refractivity contribution < 1.29 is 13.5 Å². The molecule has 6 heteroatoms. The van der Waals surface area contributed by atoms with Gasteiger partial charge in [-0.25, -0.2) is 8.42 Å². The Morgan fingerprint density at radius 1 is 1.11 bits per heavy atom. The van der Waals surface area contributed by atoms with Crippen molar-refractivity contribution in [1.29, 1.82) is 0 Å². The van der Waals surface area contributed by atoms with Crippen LogP contribution < -0.4 is 4.72 Å². The van der Waals surface area contributed by atoms with Gasteiger partial charge in [0.05, 0.1) is 10.7 Å². The van der Waals surface area contributed by atoms with Gasteiger partial charge in [-0.2, -0.15) is 0 Å². The molecule has 4 nitrogen and oxygen atoms in total. The van der Waals surface area contributed by atoms with Gasteiger partial charge in [-0.3, -0.25) is 4.72 Å². The van der Waals surface area contributed by atoms with Crippen LogP contribution in [0.5, 0.6) is 5.75 Å². The van der Waals surface area contributed by atoms with Crippen LogP contribution in [0, 0.1) is 6.92 Å². The summed E-state index contributed by atoms with van der Waals surface area (Å²) in [6, 6.07) is 10.9. The van der Waals surface area contributed by atoms with Gasteiger partial charge >= 0.3 is 0 Å². The highest BCUT2D eigenvalue weighted by molar-refractivity contribution is 7.92. The molecule has 100 valence electrons. The lowest BCUT2D eigenvalue weighted by Crippen LogP contribution is -2.13. The second-order valence-electron chi connectivity index (χ2n) is 4.01. The fraction of sp³-hybridized carbons (Fsp3) is 0.0769. The highest BCUT2D eigenvalue weighted by Gasteiger charge is 2.19. The summed E-state index contributed by atoms with van der Waals surface area (Å²) in [5.41, 5.74) is 0.708. The molecule has 0 bridgehead atoms. The van der Waals surface area contributed by atoms with E-state index in [0.29, 0.717) is 5.56 Å². The fourth-order valence-corrected chi connectivity index (χ4v) is 3.19. The van der Waals surface area contributed by atoms with Gasteiger partial charge in [0, 0.05) is 0 Å². The smallest absolute Gasteiger partial charge is 0.263 e. The van der Waals surface area contributed by atoms with Crippen molar-refractivity contribution in [3.8, 4) is 5.75 Å². The zero-order valence-electron chi connectivity index (χ0n) is 10.1. The van der Waals surface area contributed by atoms with E-state index in [9.17, 15) is 13.5 Å². The van der Waals surface area contributed by atoms with Crippen LogP contribution in [-0.2, 0) is 10.0 Å². The molecule has 19 heavy (non-hydrogen) atoms. The quantitative estimate of drug-likeness (QED) is 0.855. The van der Waals surface area contributed by atoms with Crippen molar-refractivity contribution in [1.82, 2.24) is 0 Å². The third-order valence-corrected chi connectivity index (χ3v) is 4.47. The molecular formula is C13H12ClNO3S. The Morgan fingerprint density at radius 2 is 1.79 bits per heavy atom. The molecule has 0 heterocycles. The molecule has 0 radical (unpaired) electrons. The number of anilines is 1. The van der Waals surface area contributed by atoms with Gasteiger partial charge in [-0.15, -0.1) is 0 Å². The number of hydrogen-bond acceptors (Lipinski definition) is 3. The molecule has 0 unspecified atom stereocenters. The van der Waals surface area contributed by atoms with Crippen molar-refractivity contribution in [3.63, 3.8) is 0 Å². The lowest BCUT2D eigenvalue weighted by Gasteiger charge is -2.11. The summed E-state index contributed by atoms with van der Waals surface area (Å²) < 4.78 is 26.7. The number of nitrogens with one attached hydrogen (secondary N) is 1. The van der Waals surface area contributed by atoms with Gasteiger partial charge in [0.15, 0.2) is 0 Å². The molecule has 2 N–H and O–H groups in total. The number of rotatable bonds is 3. The summed E-state index contributed by atoms with van der Waals surface area (Å²) >= 11 is 5.86. The highest BCUT2D eigenvalue weighted by Crippen LogP contribution is 2.30. The Bertz CT molecular complexity index is 714. The summed E-state index contributed by atoms with van der Waals surface area (Å²) in [7, 11) is -3.83. The molecule has 0 aliphatic carbocycles. The molecule has 0 aliphatic rings. The van der Waals surface area contributed by atoms with E-state index in [-0.39, 0.29) is 21.4 Å². The Kier molecular flexibility index (Phi) is 3.68. The lowest BCUT2D eigenvalue weighted by atomic mass is 10.2. The van der Waals surface area contributed by atoms with Gasteiger partial charge in [-0.1, -0.05) is 35.9 Å². The number of halogens is 1. The first-order valence-corrected chi connectivity index (χ1v) is 7.34. The van der Waals surface area contributed by atoms with Crippen LogP contribution >= 0.6 is 11.6 Å².